The molecule has 14 nitrogen and oxygen atoms in total. The average Bonchev–Trinajstić information content (AvgIpc) is 2.87. The number of carbonyl (C=O) groups excluding carboxylic acids is 3. The molecule has 0 saturated heterocycles. The molecule has 0 unspecified atom stereocenters. The van der Waals surface area contributed by atoms with Gasteiger partial charge in [0.2, 0.25) is 5.78 Å². The van der Waals surface area contributed by atoms with Crippen LogP contribution in [-0.2, 0) is 19.1 Å². The maximum absolute atomic E-state index is 13.2. The van der Waals surface area contributed by atoms with E-state index in [-0.39, 0.29) is 22.4 Å². The summed E-state index contributed by atoms with van der Waals surface area (Å²) < 4.78 is 9.92. The first kappa shape index (κ1) is 25.5. The second kappa shape index (κ2) is 10.9. The number of aromatic amines is 1. The number of methoxy groups -OCH3 is 1. The molecule has 1 amide bonds. The number of hydrogen-bond acceptors (Lipinski definition) is 11. The minimum Gasteiger partial charge on any atom is -0.494 e. The van der Waals surface area contributed by atoms with Gasteiger partial charge in [-0.15, -0.1) is 0 Å². The van der Waals surface area contributed by atoms with Gasteiger partial charge in [-0.05, 0) is 37.3 Å². The fourth-order valence-corrected chi connectivity index (χ4v) is 3.25. The summed E-state index contributed by atoms with van der Waals surface area (Å²) >= 11 is 0. The highest BCUT2D eigenvalue weighted by Crippen LogP contribution is 2.22. The molecule has 0 aliphatic rings. The summed E-state index contributed by atoms with van der Waals surface area (Å²) in [5, 5.41) is 16.7. The zero-order valence-corrected chi connectivity index (χ0v) is 19.0. The van der Waals surface area contributed by atoms with Crippen LogP contribution in [0, 0.1) is 10.1 Å². The van der Waals surface area contributed by atoms with Crippen LogP contribution in [0.3, 0.4) is 0 Å². The molecule has 1 aromatic heterocycles. The molecule has 186 valence electrons. The van der Waals surface area contributed by atoms with Gasteiger partial charge in [-0.3, -0.25) is 24.5 Å². The van der Waals surface area contributed by atoms with Crippen molar-refractivity contribution in [1.82, 2.24) is 9.97 Å². The normalized spacial score (nSPS) is 12.0. The van der Waals surface area contributed by atoms with E-state index in [0.29, 0.717) is 12.4 Å². The number of nitro benzene ring substituents is 1. The van der Waals surface area contributed by atoms with Gasteiger partial charge in [0.1, 0.15) is 17.4 Å². The predicted molar refractivity (Wildman–Crippen MR) is 127 cm³/mol. The minimum absolute atomic E-state index is 0.00714. The molecule has 4 N–H and O–H groups in total. The number of ketones is 1. The highest BCUT2D eigenvalue weighted by Gasteiger charge is 2.39. The number of nitrogens with one attached hydrogen (secondary N) is 2. The number of Topliss-reactive ketones (excluding diaryl/α,β-unsaturated/α-hetero) is 1. The summed E-state index contributed by atoms with van der Waals surface area (Å²) in [5.41, 5.74) is -2.38. The van der Waals surface area contributed by atoms with E-state index in [1.165, 1.54) is 18.2 Å². The van der Waals surface area contributed by atoms with Gasteiger partial charge in [0.05, 0.1) is 29.7 Å². The van der Waals surface area contributed by atoms with Crippen molar-refractivity contribution in [1.29, 1.82) is 0 Å². The van der Waals surface area contributed by atoms with Crippen molar-refractivity contribution < 1.29 is 28.8 Å². The Hall–Kier alpha value is -5.14. The number of carbonyl (C=O) groups is 3. The number of amides is 1. The van der Waals surface area contributed by atoms with Crippen LogP contribution in [0.15, 0.2) is 52.4 Å². The van der Waals surface area contributed by atoms with E-state index in [9.17, 15) is 29.3 Å². The van der Waals surface area contributed by atoms with Crippen molar-refractivity contribution in [2.45, 2.75) is 12.8 Å². The van der Waals surface area contributed by atoms with Crippen LogP contribution in [0.4, 0.5) is 11.4 Å². The van der Waals surface area contributed by atoms with Gasteiger partial charge in [-0.2, -0.15) is 5.10 Å². The van der Waals surface area contributed by atoms with Crippen LogP contribution in [0.5, 0.6) is 5.75 Å². The van der Waals surface area contributed by atoms with Gasteiger partial charge in [0, 0.05) is 17.8 Å². The number of rotatable bonds is 9. The van der Waals surface area contributed by atoms with Gasteiger partial charge in [0.25, 0.3) is 17.2 Å². The Bertz CT molecular complexity index is 1430. The number of non-ortho nitro benzene ring substituents is 1. The predicted octanol–water partition coefficient (Wildman–Crippen LogP) is 1.01. The first-order chi connectivity index (χ1) is 17.2. The zero-order chi connectivity index (χ0) is 26.4. The lowest BCUT2D eigenvalue weighted by Crippen LogP contribution is -2.40. The Morgan fingerprint density at radius 1 is 1.22 bits per heavy atom. The fraction of sp³-hybridized carbons (Fsp3) is 0.182. The Kier molecular flexibility index (Phi) is 7.69. The minimum atomic E-state index is -1.94. The van der Waals surface area contributed by atoms with E-state index in [0.717, 1.165) is 19.2 Å². The van der Waals surface area contributed by atoms with Crippen LogP contribution in [0.25, 0.3) is 11.0 Å². The Morgan fingerprint density at radius 3 is 2.50 bits per heavy atom. The molecule has 36 heavy (non-hydrogen) atoms. The average molecular weight is 496 g/mol. The number of hydrogen-bond donors (Lipinski definition) is 3. The number of esters is 1. The highest BCUT2D eigenvalue weighted by molar-refractivity contribution is 6.53. The zero-order valence-electron chi connectivity index (χ0n) is 19.0. The first-order valence-corrected chi connectivity index (χ1v) is 10.3. The molecular formula is C22H20N6O8. The number of nitrogens with two attached hydrogens (primary N) is 1. The molecule has 0 aliphatic carbocycles. The molecule has 2 aromatic carbocycles. The molecular weight excluding hydrogens is 476 g/mol. The van der Waals surface area contributed by atoms with Gasteiger partial charge in [-0.25, -0.2) is 9.78 Å². The molecule has 3 rings (SSSR count). The largest absolute Gasteiger partial charge is 0.494 e. The van der Waals surface area contributed by atoms with Crippen LogP contribution in [-0.4, -0.2) is 52.0 Å². The molecule has 1 heterocycles. The maximum Gasteiger partial charge on any atom is 0.355 e. The molecule has 0 fully saturated rings. The van der Waals surface area contributed by atoms with Crippen molar-refractivity contribution >= 4 is 45.8 Å². The van der Waals surface area contributed by atoms with E-state index >= 15 is 0 Å². The van der Waals surface area contributed by atoms with E-state index < -0.39 is 45.5 Å². The van der Waals surface area contributed by atoms with Crippen LogP contribution < -0.4 is 21.5 Å². The number of nitrogens with zero attached hydrogens (tertiary/aromatic N) is 3. The summed E-state index contributed by atoms with van der Waals surface area (Å²) in [5.74, 6) is 0.267. The number of benzene rings is 2. The number of nitro groups is 1. The second-order valence-electron chi connectivity index (χ2n) is 7.12. The lowest BCUT2D eigenvalue weighted by Gasteiger charge is -2.15. The van der Waals surface area contributed by atoms with Crippen LogP contribution in [0.1, 0.15) is 18.5 Å². The number of fused-ring (bicyclic) bond motifs is 1. The fourth-order valence-electron chi connectivity index (χ4n) is 3.25. The van der Waals surface area contributed by atoms with Gasteiger partial charge in [0.15, 0.2) is 5.71 Å². The number of H-pyrrole nitrogens is 1. The third kappa shape index (κ3) is 5.32. The van der Waals surface area contributed by atoms with E-state index in [1.807, 2.05) is 0 Å². The molecule has 0 spiro atoms. The SMILES string of the molecule is CCOc1ccc(NC(=O)C(=O)[C@H](/C(=N\N)C(=O)OC)c2nc3ccc([N+](=O)[O-])cc3[nH]c2=O)cc1. The third-order valence-electron chi connectivity index (χ3n) is 4.90. The molecule has 1 atom stereocenters. The van der Waals surface area contributed by atoms with Crippen molar-refractivity contribution in [3.8, 4) is 5.75 Å². The van der Waals surface area contributed by atoms with Crippen LogP contribution >= 0.6 is 0 Å². The quantitative estimate of drug-likeness (QED) is 0.0955. The summed E-state index contributed by atoms with van der Waals surface area (Å²) in [6, 6.07) is 9.53. The first-order valence-electron chi connectivity index (χ1n) is 10.3. The Labute approximate surface area is 202 Å². The Morgan fingerprint density at radius 2 is 1.92 bits per heavy atom. The molecule has 3 aromatic rings. The highest BCUT2D eigenvalue weighted by atomic mass is 16.6. The molecule has 0 aliphatic heterocycles. The van der Waals surface area contributed by atoms with Crippen LogP contribution in [0.2, 0.25) is 0 Å². The lowest BCUT2D eigenvalue weighted by atomic mass is 9.93. The monoisotopic (exact) mass is 496 g/mol. The maximum atomic E-state index is 13.2. The van der Waals surface area contributed by atoms with Gasteiger partial charge < -0.3 is 25.6 Å². The smallest absolute Gasteiger partial charge is 0.355 e. The van der Waals surface area contributed by atoms with E-state index in [4.69, 9.17) is 10.6 Å². The third-order valence-corrected chi connectivity index (χ3v) is 4.90. The molecule has 0 radical (unpaired) electrons. The topological polar surface area (TPSA) is 209 Å². The summed E-state index contributed by atoms with van der Waals surface area (Å²) in [7, 11) is 0.992. The van der Waals surface area contributed by atoms with Crippen molar-refractivity contribution in [2.75, 3.05) is 19.0 Å². The number of aromatic nitrogens is 2. The second-order valence-corrected chi connectivity index (χ2v) is 7.12. The van der Waals surface area contributed by atoms with Crippen molar-refractivity contribution in [2.24, 2.45) is 10.9 Å². The van der Waals surface area contributed by atoms with E-state index in [2.05, 4.69) is 25.1 Å². The lowest BCUT2D eigenvalue weighted by molar-refractivity contribution is -0.384. The van der Waals surface area contributed by atoms with Gasteiger partial charge >= 0.3 is 5.97 Å². The summed E-state index contributed by atoms with van der Waals surface area (Å²) in [6.07, 6.45) is 0. The Balaban J connectivity index is 2.05. The molecule has 0 bridgehead atoms. The number of ether oxygens (including phenoxy) is 2. The summed E-state index contributed by atoms with van der Waals surface area (Å²) in [6.45, 7) is 2.23. The van der Waals surface area contributed by atoms with Gasteiger partial charge in [-0.1, -0.05) is 0 Å². The summed E-state index contributed by atoms with van der Waals surface area (Å²) in [4.78, 5) is 67.9. The van der Waals surface area contributed by atoms with E-state index in [1.54, 1.807) is 19.1 Å². The molecule has 14 heteroatoms. The van der Waals surface area contributed by atoms with Crippen molar-refractivity contribution in [3.05, 3.63) is 68.6 Å². The number of hydrazone groups is 1. The molecule has 0 saturated carbocycles. The standard InChI is InChI=1S/C22H20N6O8/c1-3-36-13-7-4-11(5-8-13)24-21(31)19(29)16(18(27-23)22(32)35-2)17-20(30)26-15-10-12(28(33)34)6-9-14(15)25-17/h4-10,16H,3,23H2,1-2H3,(H,24,31)(H,26,30)/b27-18+/t16-/m0/s1. The van der Waals surface area contributed by atoms with Crippen molar-refractivity contribution in [3.63, 3.8) is 0 Å². The number of anilines is 1.